The highest BCUT2D eigenvalue weighted by atomic mass is 32.2. The maximum atomic E-state index is 13.1. The van der Waals surface area contributed by atoms with Crippen LogP contribution in [0, 0.1) is 5.82 Å². The summed E-state index contributed by atoms with van der Waals surface area (Å²) in [4.78, 5) is 12.3. The summed E-state index contributed by atoms with van der Waals surface area (Å²) >= 11 is 1.49. The number of benzene rings is 1. The molecule has 0 aliphatic heterocycles. The van der Waals surface area contributed by atoms with Crippen molar-refractivity contribution >= 4 is 17.7 Å². The number of carbonyl (C=O) groups is 1. The van der Waals surface area contributed by atoms with Gasteiger partial charge >= 0.3 is 5.97 Å². The van der Waals surface area contributed by atoms with Gasteiger partial charge in [-0.3, -0.25) is 4.79 Å². The van der Waals surface area contributed by atoms with Crippen LogP contribution in [0.1, 0.15) is 33.6 Å². The van der Waals surface area contributed by atoms with Crippen LogP contribution in [-0.2, 0) is 4.79 Å². The molecule has 0 aromatic heterocycles. The molecule has 0 saturated carbocycles. The summed E-state index contributed by atoms with van der Waals surface area (Å²) in [6, 6.07) is 6.37. The van der Waals surface area contributed by atoms with Crippen molar-refractivity contribution in [3.05, 3.63) is 30.1 Å². The molecular formula is C15H22FNO2S. The van der Waals surface area contributed by atoms with Crippen LogP contribution < -0.4 is 5.32 Å². The second kappa shape index (κ2) is 7.64. The average molecular weight is 299 g/mol. The summed E-state index contributed by atoms with van der Waals surface area (Å²) in [6.45, 7) is 6.33. The van der Waals surface area contributed by atoms with Gasteiger partial charge in [-0.15, -0.1) is 11.8 Å². The standard InChI is InChI=1S/C15H22FNO2S/c1-4-8-17-15(3,14(18)19)10-11(2)20-13-7-5-6-12(16)9-13/h5-7,9,11,17H,4,8,10H2,1-3H3,(H,18,19). The van der Waals surface area contributed by atoms with Crippen molar-refractivity contribution in [1.82, 2.24) is 5.32 Å². The van der Waals surface area contributed by atoms with Crippen molar-refractivity contribution in [1.29, 1.82) is 0 Å². The summed E-state index contributed by atoms with van der Waals surface area (Å²) in [5.41, 5.74) is -0.949. The van der Waals surface area contributed by atoms with E-state index in [2.05, 4.69) is 5.32 Å². The van der Waals surface area contributed by atoms with Gasteiger partial charge in [0.25, 0.3) is 0 Å². The van der Waals surface area contributed by atoms with Crippen LogP contribution >= 0.6 is 11.8 Å². The van der Waals surface area contributed by atoms with E-state index in [1.54, 1.807) is 13.0 Å². The molecule has 0 amide bonds. The molecule has 0 bridgehead atoms. The molecule has 0 saturated heterocycles. The van der Waals surface area contributed by atoms with Crippen molar-refractivity contribution in [2.45, 2.75) is 49.3 Å². The second-order valence-corrected chi connectivity index (χ2v) is 6.67. The number of hydrogen-bond acceptors (Lipinski definition) is 3. The van der Waals surface area contributed by atoms with Gasteiger partial charge in [-0.2, -0.15) is 0 Å². The lowest BCUT2D eigenvalue weighted by molar-refractivity contribution is -0.144. The third kappa shape index (κ3) is 5.13. The molecule has 5 heteroatoms. The Kier molecular flexibility index (Phi) is 6.49. The van der Waals surface area contributed by atoms with Crippen molar-refractivity contribution in [2.75, 3.05) is 6.54 Å². The molecule has 3 nitrogen and oxygen atoms in total. The maximum absolute atomic E-state index is 13.1. The number of carboxylic acid groups (broad SMARTS) is 1. The lowest BCUT2D eigenvalue weighted by Crippen LogP contribution is -2.51. The van der Waals surface area contributed by atoms with E-state index in [1.165, 1.54) is 23.9 Å². The van der Waals surface area contributed by atoms with Gasteiger partial charge < -0.3 is 10.4 Å². The molecule has 2 unspecified atom stereocenters. The summed E-state index contributed by atoms with van der Waals surface area (Å²) < 4.78 is 13.1. The van der Waals surface area contributed by atoms with Crippen molar-refractivity contribution in [2.24, 2.45) is 0 Å². The lowest BCUT2D eigenvalue weighted by Gasteiger charge is -2.29. The third-order valence-electron chi connectivity index (χ3n) is 3.07. The van der Waals surface area contributed by atoms with E-state index in [0.29, 0.717) is 13.0 Å². The highest BCUT2D eigenvalue weighted by Crippen LogP contribution is 2.29. The van der Waals surface area contributed by atoms with Crippen LogP contribution in [0.5, 0.6) is 0 Å². The van der Waals surface area contributed by atoms with E-state index in [9.17, 15) is 14.3 Å². The zero-order chi connectivity index (χ0) is 15.2. The first-order chi connectivity index (χ1) is 9.37. The Hall–Kier alpha value is -1.07. The molecule has 0 aliphatic rings. The fraction of sp³-hybridized carbons (Fsp3) is 0.533. The molecule has 1 rings (SSSR count). The molecular weight excluding hydrogens is 277 g/mol. The molecule has 2 N–H and O–H groups in total. The van der Waals surface area contributed by atoms with Gasteiger partial charge in [0.2, 0.25) is 0 Å². The molecule has 0 fully saturated rings. The Morgan fingerprint density at radius 2 is 2.25 bits per heavy atom. The van der Waals surface area contributed by atoms with Crippen LogP contribution in [0.15, 0.2) is 29.2 Å². The number of carboxylic acids is 1. The maximum Gasteiger partial charge on any atom is 0.323 e. The monoisotopic (exact) mass is 299 g/mol. The Bertz CT molecular complexity index is 455. The summed E-state index contributed by atoms with van der Waals surface area (Å²) in [7, 11) is 0. The van der Waals surface area contributed by atoms with Crippen molar-refractivity contribution < 1.29 is 14.3 Å². The number of aliphatic carboxylic acids is 1. The van der Waals surface area contributed by atoms with Crippen molar-refractivity contribution in [3.8, 4) is 0 Å². The number of thioether (sulfide) groups is 1. The van der Waals surface area contributed by atoms with Gasteiger partial charge in [0.15, 0.2) is 0 Å². The molecule has 1 aromatic rings. The first-order valence-corrected chi connectivity index (χ1v) is 7.66. The minimum atomic E-state index is -0.949. The Labute approximate surface area is 124 Å². The van der Waals surface area contributed by atoms with Gasteiger partial charge in [0, 0.05) is 10.1 Å². The number of halogens is 1. The predicted octanol–water partition coefficient (Wildman–Crippen LogP) is 3.54. The normalized spacial score (nSPS) is 15.6. The molecule has 1 aromatic carbocycles. The lowest BCUT2D eigenvalue weighted by atomic mass is 9.96. The summed E-state index contributed by atoms with van der Waals surface area (Å²) in [5.74, 6) is -1.12. The van der Waals surface area contributed by atoms with Crippen LogP contribution in [0.4, 0.5) is 4.39 Å². The molecule has 0 radical (unpaired) electrons. The Balaban J connectivity index is 2.66. The van der Waals surface area contributed by atoms with Gasteiger partial charge in [0.05, 0.1) is 0 Å². The van der Waals surface area contributed by atoms with Gasteiger partial charge in [-0.25, -0.2) is 4.39 Å². The second-order valence-electron chi connectivity index (χ2n) is 5.15. The largest absolute Gasteiger partial charge is 0.480 e. The molecule has 20 heavy (non-hydrogen) atoms. The van der Waals surface area contributed by atoms with E-state index in [4.69, 9.17) is 0 Å². The summed E-state index contributed by atoms with van der Waals surface area (Å²) in [6.07, 6.45) is 1.36. The molecule has 0 aliphatic carbocycles. The van der Waals surface area contributed by atoms with E-state index in [-0.39, 0.29) is 11.1 Å². The molecule has 0 heterocycles. The Morgan fingerprint density at radius 1 is 1.55 bits per heavy atom. The van der Waals surface area contributed by atoms with Crippen molar-refractivity contribution in [3.63, 3.8) is 0 Å². The zero-order valence-corrected chi connectivity index (χ0v) is 13.0. The highest BCUT2D eigenvalue weighted by Gasteiger charge is 2.34. The van der Waals surface area contributed by atoms with Gasteiger partial charge in [-0.05, 0) is 44.5 Å². The first kappa shape index (κ1) is 17.0. The number of nitrogens with one attached hydrogen (secondary N) is 1. The fourth-order valence-corrected chi connectivity index (χ4v) is 3.24. The quantitative estimate of drug-likeness (QED) is 0.721. The van der Waals surface area contributed by atoms with Crippen LogP contribution in [-0.4, -0.2) is 28.4 Å². The molecule has 112 valence electrons. The first-order valence-electron chi connectivity index (χ1n) is 6.78. The van der Waals surface area contributed by atoms with Crippen LogP contribution in [0.2, 0.25) is 0 Å². The minimum Gasteiger partial charge on any atom is -0.480 e. The topological polar surface area (TPSA) is 49.3 Å². The van der Waals surface area contributed by atoms with Crippen LogP contribution in [0.25, 0.3) is 0 Å². The summed E-state index contributed by atoms with van der Waals surface area (Å²) in [5, 5.41) is 12.5. The van der Waals surface area contributed by atoms with Crippen LogP contribution in [0.3, 0.4) is 0 Å². The van der Waals surface area contributed by atoms with Gasteiger partial charge in [-0.1, -0.05) is 19.9 Å². The van der Waals surface area contributed by atoms with Gasteiger partial charge in [0.1, 0.15) is 11.4 Å². The SMILES string of the molecule is CCCNC(C)(CC(C)Sc1cccc(F)c1)C(=O)O. The molecule has 0 spiro atoms. The minimum absolute atomic E-state index is 0.0715. The zero-order valence-electron chi connectivity index (χ0n) is 12.1. The molecule has 2 atom stereocenters. The van der Waals surface area contributed by atoms with E-state index in [0.717, 1.165) is 11.3 Å². The number of hydrogen-bond donors (Lipinski definition) is 2. The fourth-order valence-electron chi connectivity index (χ4n) is 2.03. The highest BCUT2D eigenvalue weighted by molar-refractivity contribution is 7.99. The van der Waals surface area contributed by atoms with E-state index in [1.807, 2.05) is 19.9 Å². The average Bonchev–Trinajstić information content (AvgIpc) is 2.36. The smallest absolute Gasteiger partial charge is 0.323 e. The Morgan fingerprint density at radius 3 is 2.80 bits per heavy atom. The van der Waals surface area contributed by atoms with E-state index < -0.39 is 11.5 Å². The number of rotatable bonds is 8. The van der Waals surface area contributed by atoms with E-state index >= 15 is 0 Å². The predicted molar refractivity (Wildman–Crippen MR) is 80.7 cm³/mol. The third-order valence-corrected chi connectivity index (χ3v) is 4.16.